The van der Waals surface area contributed by atoms with Crippen molar-refractivity contribution in [3.8, 4) is 0 Å². The van der Waals surface area contributed by atoms with E-state index < -0.39 is 0 Å². The summed E-state index contributed by atoms with van der Waals surface area (Å²) in [5, 5.41) is 3.07. The Labute approximate surface area is 138 Å². The molecule has 1 amide bonds. The van der Waals surface area contributed by atoms with Crippen molar-refractivity contribution in [3.05, 3.63) is 35.2 Å². The Morgan fingerprint density at radius 1 is 1.04 bits per heavy atom. The lowest BCUT2D eigenvalue weighted by atomic mass is 10.0. The minimum Gasteiger partial charge on any atom is -0.350 e. The highest BCUT2D eigenvalue weighted by atomic mass is 16.1. The number of benzene rings is 1. The van der Waals surface area contributed by atoms with Gasteiger partial charge in [-0.2, -0.15) is 0 Å². The van der Waals surface area contributed by atoms with Gasteiger partial charge in [-0.25, -0.2) is 9.97 Å². The maximum Gasteiger partial charge on any atom is 0.251 e. The summed E-state index contributed by atoms with van der Waals surface area (Å²) >= 11 is 0. The highest BCUT2D eigenvalue weighted by molar-refractivity contribution is 5.97. The van der Waals surface area contributed by atoms with Gasteiger partial charge in [0.1, 0.15) is 0 Å². The van der Waals surface area contributed by atoms with Gasteiger partial charge in [0.15, 0.2) is 0 Å². The molecule has 2 rings (SSSR count). The van der Waals surface area contributed by atoms with Gasteiger partial charge in [-0.05, 0) is 51.3 Å². The molecule has 124 valence electrons. The molecule has 4 heteroatoms. The zero-order valence-corrected chi connectivity index (χ0v) is 14.8. The van der Waals surface area contributed by atoms with Crippen LogP contribution in [0.25, 0.3) is 11.0 Å². The zero-order valence-electron chi connectivity index (χ0n) is 14.8. The van der Waals surface area contributed by atoms with Crippen LogP contribution in [0, 0.1) is 19.8 Å². The largest absolute Gasteiger partial charge is 0.350 e. The fraction of sp³-hybridized carbons (Fsp3) is 0.526. The Kier molecular flexibility index (Phi) is 5.69. The van der Waals surface area contributed by atoms with Crippen molar-refractivity contribution in [2.24, 2.45) is 5.92 Å². The number of aryl methyl sites for hydroxylation is 2. The van der Waals surface area contributed by atoms with E-state index in [2.05, 4.69) is 36.1 Å². The molecule has 1 N–H and O–H groups in total. The number of aromatic nitrogens is 2. The number of carbonyl (C=O) groups excluding carboxylic acids is 1. The van der Waals surface area contributed by atoms with E-state index in [4.69, 9.17) is 0 Å². The Morgan fingerprint density at radius 3 is 2.35 bits per heavy atom. The first kappa shape index (κ1) is 17.4. The van der Waals surface area contributed by atoms with Gasteiger partial charge in [-0.3, -0.25) is 4.79 Å². The topological polar surface area (TPSA) is 54.9 Å². The lowest BCUT2D eigenvalue weighted by molar-refractivity contribution is 0.0938. The summed E-state index contributed by atoms with van der Waals surface area (Å²) in [7, 11) is 0. The molecule has 0 aliphatic carbocycles. The van der Waals surface area contributed by atoms with Crippen LogP contribution in [0.15, 0.2) is 18.2 Å². The molecule has 4 nitrogen and oxygen atoms in total. The van der Waals surface area contributed by atoms with Gasteiger partial charge in [-0.15, -0.1) is 0 Å². The molecule has 0 saturated heterocycles. The monoisotopic (exact) mass is 313 g/mol. The first-order valence-corrected chi connectivity index (χ1v) is 8.42. The van der Waals surface area contributed by atoms with E-state index in [-0.39, 0.29) is 11.9 Å². The normalized spacial score (nSPS) is 12.6. The number of rotatable bonds is 6. The van der Waals surface area contributed by atoms with E-state index in [0.29, 0.717) is 11.5 Å². The van der Waals surface area contributed by atoms with Crippen LogP contribution < -0.4 is 5.32 Å². The maximum absolute atomic E-state index is 12.4. The second-order valence-electron chi connectivity index (χ2n) is 6.80. The van der Waals surface area contributed by atoms with Crippen molar-refractivity contribution in [2.75, 3.05) is 0 Å². The Bertz CT molecular complexity index is 694. The summed E-state index contributed by atoms with van der Waals surface area (Å²) in [4.78, 5) is 21.4. The molecule has 23 heavy (non-hydrogen) atoms. The van der Waals surface area contributed by atoms with Gasteiger partial charge in [0.05, 0.1) is 22.4 Å². The molecule has 1 unspecified atom stereocenters. The maximum atomic E-state index is 12.4. The summed E-state index contributed by atoms with van der Waals surface area (Å²) in [6, 6.07) is 5.70. The average molecular weight is 313 g/mol. The van der Waals surface area contributed by atoms with Crippen LogP contribution in [0.4, 0.5) is 0 Å². The molecule has 1 heterocycles. The molecule has 0 spiro atoms. The first-order chi connectivity index (χ1) is 10.9. The lowest BCUT2D eigenvalue weighted by Crippen LogP contribution is -2.32. The standard InChI is InChI=1S/C19H27N3O/c1-12(2)7-6-8-13(3)20-19(23)16-9-10-17-18(11-16)22-15(5)14(4)21-17/h9-13H,6-8H2,1-5H3,(H,20,23). The van der Waals surface area contributed by atoms with Gasteiger partial charge in [-0.1, -0.05) is 26.7 Å². The number of hydrogen-bond donors (Lipinski definition) is 1. The van der Waals surface area contributed by atoms with Crippen molar-refractivity contribution in [1.82, 2.24) is 15.3 Å². The van der Waals surface area contributed by atoms with E-state index in [1.165, 1.54) is 6.42 Å². The van der Waals surface area contributed by atoms with Gasteiger partial charge in [0, 0.05) is 11.6 Å². The van der Waals surface area contributed by atoms with Crippen LogP contribution in [0.2, 0.25) is 0 Å². The van der Waals surface area contributed by atoms with Gasteiger partial charge in [0.2, 0.25) is 0 Å². The third kappa shape index (κ3) is 4.75. The molecule has 0 saturated carbocycles. The number of nitrogens with zero attached hydrogens (tertiary/aromatic N) is 2. The average Bonchev–Trinajstić information content (AvgIpc) is 2.47. The first-order valence-electron chi connectivity index (χ1n) is 8.42. The molecule has 1 aromatic heterocycles. The van der Waals surface area contributed by atoms with Gasteiger partial charge >= 0.3 is 0 Å². The predicted molar refractivity (Wildman–Crippen MR) is 94.6 cm³/mol. The Hall–Kier alpha value is -1.97. The molecule has 1 aromatic carbocycles. The summed E-state index contributed by atoms with van der Waals surface area (Å²) in [6.45, 7) is 10.4. The molecule has 1 atom stereocenters. The predicted octanol–water partition coefficient (Wildman–Crippen LogP) is 4.19. The zero-order chi connectivity index (χ0) is 17.0. The fourth-order valence-corrected chi connectivity index (χ4v) is 2.58. The Balaban J connectivity index is 2.04. The van der Waals surface area contributed by atoms with Crippen LogP contribution in [-0.2, 0) is 0 Å². The molecule has 0 bridgehead atoms. The molecular weight excluding hydrogens is 286 g/mol. The minimum absolute atomic E-state index is 0.0380. The number of carbonyl (C=O) groups is 1. The molecule has 0 fully saturated rings. The summed E-state index contributed by atoms with van der Waals surface area (Å²) in [5.41, 5.74) is 4.07. The van der Waals surface area contributed by atoms with E-state index in [0.717, 1.165) is 35.3 Å². The number of nitrogens with one attached hydrogen (secondary N) is 1. The molecule has 0 aliphatic rings. The highest BCUT2D eigenvalue weighted by Gasteiger charge is 2.11. The summed E-state index contributed by atoms with van der Waals surface area (Å²) in [5.74, 6) is 0.674. The SMILES string of the molecule is Cc1nc2ccc(C(=O)NC(C)CCCC(C)C)cc2nc1C. The highest BCUT2D eigenvalue weighted by Crippen LogP contribution is 2.15. The third-order valence-electron chi connectivity index (χ3n) is 4.13. The lowest BCUT2D eigenvalue weighted by Gasteiger charge is -2.15. The molecule has 0 radical (unpaired) electrons. The van der Waals surface area contributed by atoms with Gasteiger partial charge < -0.3 is 5.32 Å². The van der Waals surface area contributed by atoms with E-state index in [1.54, 1.807) is 0 Å². The molecule has 0 aliphatic heterocycles. The van der Waals surface area contributed by atoms with Crippen LogP contribution >= 0.6 is 0 Å². The van der Waals surface area contributed by atoms with E-state index in [9.17, 15) is 4.79 Å². The molecular formula is C19H27N3O. The fourth-order valence-electron chi connectivity index (χ4n) is 2.58. The van der Waals surface area contributed by atoms with Crippen molar-refractivity contribution in [2.45, 2.75) is 59.9 Å². The Morgan fingerprint density at radius 2 is 1.70 bits per heavy atom. The van der Waals surface area contributed by atoms with Crippen molar-refractivity contribution in [1.29, 1.82) is 0 Å². The van der Waals surface area contributed by atoms with Gasteiger partial charge in [0.25, 0.3) is 5.91 Å². The smallest absolute Gasteiger partial charge is 0.251 e. The summed E-state index contributed by atoms with van der Waals surface area (Å²) in [6.07, 6.45) is 3.35. The second kappa shape index (κ2) is 7.53. The van der Waals surface area contributed by atoms with E-state index >= 15 is 0 Å². The van der Waals surface area contributed by atoms with Crippen molar-refractivity contribution >= 4 is 16.9 Å². The number of hydrogen-bond acceptors (Lipinski definition) is 3. The van der Waals surface area contributed by atoms with Crippen LogP contribution in [0.5, 0.6) is 0 Å². The third-order valence-corrected chi connectivity index (χ3v) is 4.13. The minimum atomic E-state index is -0.0380. The van der Waals surface area contributed by atoms with Crippen LogP contribution in [0.3, 0.4) is 0 Å². The van der Waals surface area contributed by atoms with Crippen LogP contribution in [0.1, 0.15) is 61.8 Å². The quantitative estimate of drug-likeness (QED) is 0.870. The van der Waals surface area contributed by atoms with E-state index in [1.807, 2.05) is 32.0 Å². The molecule has 2 aromatic rings. The second-order valence-corrected chi connectivity index (χ2v) is 6.80. The number of amides is 1. The summed E-state index contributed by atoms with van der Waals surface area (Å²) < 4.78 is 0. The van der Waals surface area contributed by atoms with Crippen molar-refractivity contribution in [3.63, 3.8) is 0 Å². The number of fused-ring (bicyclic) bond motifs is 1. The van der Waals surface area contributed by atoms with Crippen LogP contribution in [-0.4, -0.2) is 21.9 Å². The van der Waals surface area contributed by atoms with Crippen molar-refractivity contribution < 1.29 is 4.79 Å².